The third kappa shape index (κ3) is 3.15. The Balaban J connectivity index is 2.14. The summed E-state index contributed by atoms with van der Waals surface area (Å²) in [6, 6.07) is 5.94. The standard InChI is InChI=1S/C13H14BrNOS/c1-8-3-4-10(5-12(8)14)13(16)6-11-7-17-9(2)15-11/h3-5,7,13,16H,6H2,1-2H3. The smallest absolute Gasteiger partial charge is 0.0897 e. The molecule has 1 N–H and O–H groups in total. The van der Waals surface area contributed by atoms with Crippen LogP contribution in [0.3, 0.4) is 0 Å². The Morgan fingerprint density at radius 1 is 1.41 bits per heavy atom. The molecule has 1 aromatic heterocycles. The van der Waals surface area contributed by atoms with E-state index in [2.05, 4.69) is 20.9 Å². The molecule has 2 nitrogen and oxygen atoms in total. The van der Waals surface area contributed by atoms with Crippen molar-refractivity contribution in [2.24, 2.45) is 0 Å². The van der Waals surface area contributed by atoms with Crippen molar-refractivity contribution in [3.63, 3.8) is 0 Å². The highest BCUT2D eigenvalue weighted by molar-refractivity contribution is 9.10. The first-order chi connectivity index (χ1) is 8.06. The first-order valence-corrected chi connectivity index (χ1v) is 7.08. The maximum atomic E-state index is 10.1. The Morgan fingerprint density at radius 2 is 2.18 bits per heavy atom. The van der Waals surface area contributed by atoms with Crippen LogP contribution in [-0.2, 0) is 6.42 Å². The lowest BCUT2D eigenvalue weighted by Crippen LogP contribution is -2.02. The number of aryl methyl sites for hydroxylation is 2. The van der Waals surface area contributed by atoms with Crippen LogP contribution in [0, 0.1) is 13.8 Å². The molecule has 17 heavy (non-hydrogen) atoms. The zero-order chi connectivity index (χ0) is 12.4. The molecule has 0 amide bonds. The van der Waals surface area contributed by atoms with Crippen LogP contribution in [-0.4, -0.2) is 10.1 Å². The van der Waals surface area contributed by atoms with Crippen molar-refractivity contribution in [1.82, 2.24) is 4.98 Å². The molecule has 0 fully saturated rings. The van der Waals surface area contributed by atoms with Crippen molar-refractivity contribution in [2.75, 3.05) is 0 Å². The van der Waals surface area contributed by atoms with Crippen LogP contribution in [0.25, 0.3) is 0 Å². The Hall–Kier alpha value is -0.710. The van der Waals surface area contributed by atoms with E-state index in [0.29, 0.717) is 6.42 Å². The molecule has 0 spiro atoms. The molecule has 1 atom stereocenters. The fourth-order valence-electron chi connectivity index (χ4n) is 1.63. The van der Waals surface area contributed by atoms with Gasteiger partial charge in [-0.05, 0) is 31.0 Å². The van der Waals surface area contributed by atoms with Crippen molar-refractivity contribution < 1.29 is 5.11 Å². The average molecular weight is 312 g/mol. The van der Waals surface area contributed by atoms with Gasteiger partial charge in [-0.1, -0.05) is 28.1 Å². The minimum atomic E-state index is -0.492. The maximum absolute atomic E-state index is 10.1. The van der Waals surface area contributed by atoms with E-state index >= 15 is 0 Å². The normalized spacial score (nSPS) is 12.7. The van der Waals surface area contributed by atoms with Gasteiger partial charge < -0.3 is 5.11 Å². The molecule has 1 heterocycles. The first-order valence-electron chi connectivity index (χ1n) is 5.41. The van der Waals surface area contributed by atoms with Crippen LogP contribution in [0.2, 0.25) is 0 Å². The second kappa shape index (κ2) is 5.29. The minimum absolute atomic E-state index is 0.492. The average Bonchev–Trinajstić information content (AvgIpc) is 2.68. The lowest BCUT2D eigenvalue weighted by molar-refractivity contribution is 0.177. The number of thiazole rings is 1. The molecule has 0 radical (unpaired) electrons. The zero-order valence-electron chi connectivity index (χ0n) is 9.77. The largest absolute Gasteiger partial charge is 0.388 e. The van der Waals surface area contributed by atoms with Gasteiger partial charge in [-0.25, -0.2) is 4.98 Å². The Kier molecular flexibility index (Phi) is 3.97. The molecule has 0 bridgehead atoms. The van der Waals surface area contributed by atoms with Crippen LogP contribution in [0.5, 0.6) is 0 Å². The van der Waals surface area contributed by atoms with E-state index in [1.54, 1.807) is 11.3 Å². The molecule has 90 valence electrons. The van der Waals surface area contributed by atoms with Crippen molar-refractivity contribution in [3.8, 4) is 0 Å². The van der Waals surface area contributed by atoms with Gasteiger partial charge >= 0.3 is 0 Å². The van der Waals surface area contributed by atoms with Crippen LogP contribution in [0.1, 0.15) is 27.9 Å². The van der Waals surface area contributed by atoms with Gasteiger partial charge in [-0.3, -0.25) is 0 Å². The molecule has 0 aliphatic heterocycles. The number of aliphatic hydroxyl groups excluding tert-OH is 1. The van der Waals surface area contributed by atoms with Gasteiger partial charge in [0, 0.05) is 16.3 Å². The van der Waals surface area contributed by atoms with Gasteiger partial charge in [-0.2, -0.15) is 0 Å². The SMILES string of the molecule is Cc1nc(CC(O)c2ccc(C)c(Br)c2)cs1. The van der Waals surface area contributed by atoms with Crippen LogP contribution >= 0.6 is 27.3 Å². The van der Waals surface area contributed by atoms with Crippen molar-refractivity contribution in [3.05, 3.63) is 49.9 Å². The van der Waals surface area contributed by atoms with E-state index in [-0.39, 0.29) is 0 Å². The highest BCUT2D eigenvalue weighted by atomic mass is 79.9. The topological polar surface area (TPSA) is 33.1 Å². The first kappa shape index (κ1) is 12.7. The molecule has 0 aliphatic carbocycles. The van der Waals surface area contributed by atoms with Crippen LogP contribution in [0.15, 0.2) is 28.1 Å². The third-order valence-corrected chi connectivity index (χ3v) is 4.33. The highest BCUT2D eigenvalue weighted by Gasteiger charge is 2.11. The summed E-state index contributed by atoms with van der Waals surface area (Å²) in [6.07, 6.45) is 0.0771. The van der Waals surface area contributed by atoms with Crippen molar-refractivity contribution in [2.45, 2.75) is 26.4 Å². The van der Waals surface area contributed by atoms with Gasteiger partial charge in [0.15, 0.2) is 0 Å². The summed E-state index contributed by atoms with van der Waals surface area (Å²) >= 11 is 5.09. The Labute approximate surface area is 113 Å². The fraction of sp³-hybridized carbons (Fsp3) is 0.308. The van der Waals surface area contributed by atoms with E-state index in [4.69, 9.17) is 0 Å². The molecule has 1 aromatic carbocycles. The number of hydrogen-bond donors (Lipinski definition) is 1. The summed E-state index contributed by atoms with van der Waals surface area (Å²) in [6.45, 7) is 4.01. The van der Waals surface area contributed by atoms with Crippen LogP contribution < -0.4 is 0 Å². The van der Waals surface area contributed by atoms with E-state index in [9.17, 15) is 5.11 Å². The third-order valence-electron chi connectivity index (χ3n) is 2.65. The Morgan fingerprint density at radius 3 is 2.76 bits per heavy atom. The number of hydrogen-bond acceptors (Lipinski definition) is 3. The number of halogens is 1. The highest BCUT2D eigenvalue weighted by Crippen LogP contribution is 2.24. The summed E-state index contributed by atoms with van der Waals surface area (Å²) < 4.78 is 1.03. The summed E-state index contributed by atoms with van der Waals surface area (Å²) in [5.41, 5.74) is 3.05. The molecule has 2 rings (SSSR count). The van der Waals surface area contributed by atoms with E-state index < -0.39 is 6.10 Å². The summed E-state index contributed by atoms with van der Waals surface area (Å²) in [5, 5.41) is 13.2. The lowest BCUT2D eigenvalue weighted by atomic mass is 10.0. The summed E-state index contributed by atoms with van der Waals surface area (Å²) in [7, 11) is 0. The van der Waals surface area contributed by atoms with Crippen molar-refractivity contribution in [1.29, 1.82) is 0 Å². The molecular formula is C13H14BrNOS. The maximum Gasteiger partial charge on any atom is 0.0897 e. The Bertz CT molecular complexity index is 524. The number of aliphatic hydroxyl groups is 1. The molecular weight excluding hydrogens is 298 g/mol. The number of benzene rings is 1. The van der Waals surface area contributed by atoms with Gasteiger partial charge in [-0.15, -0.1) is 11.3 Å². The van der Waals surface area contributed by atoms with E-state index in [1.165, 1.54) is 5.56 Å². The second-order valence-corrected chi connectivity index (χ2v) is 6.00. The van der Waals surface area contributed by atoms with Gasteiger partial charge in [0.25, 0.3) is 0 Å². The molecule has 4 heteroatoms. The second-order valence-electron chi connectivity index (χ2n) is 4.09. The molecule has 0 saturated heterocycles. The van der Waals surface area contributed by atoms with Crippen molar-refractivity contribution >= 4 is 27.3 Å². The molecule has 0 aliphatic rings. The lowest BCUT2D eigenvalue weighted by Gasteiger charge is -2.10. The minimum Gasteiger partial charge on any atom is -0.388 e. The molecule has 0 saturated carbocycles. The monoisotopic (exact) mass is 311 g/mol. The van der Waals surface area contributed by atoms with Gasteiger partial charge in [0.2, 0.25) is 0 Å². The summed E-state index contributed by atoms with van der Waals surface area (Å²) in [4.78, 5) is 4.36. The quantitative estimate of drug-likeness (QED) is 0.935. The fourth-order valence-corrected chi connectivity index (χ4v) is 2.66. The number of aromatic nitrogens is 1. The summed E-state index contributed by atoms with van der Waals surface area (Å²) in [5.74, 6) is 0. The number of rotatable bonds is 3. The van der Waals surface area contributed by atoms with Gasteiger partial charge in [0.1, 0.15) is 0 Å². The predicted octanol–water partition coefficient (Wildman–Crippen LogP) is 3.80. The van der Waals surface area contributed by atoms with Gasteiger partial charge in [0.05, 0.1) is 16.8 Å². The van der Waals surface area contributed by atoms with E-state index in [1.807, 2.05) is 37.4 Å². The van der Waals surface area contributed by atoms with Crippen LogP contribution in [0.4, 0.5) is 0 Å². The molecule has 2 aromatic rings. The van der Waals surface area contributed by atoms with E-state index in [0.717, 1.165) is 20.7 Å². The zero-order valence-corrected chi connectivity index (χ0v) is 12.2. The number of nitrogens with zero attached hydrogens (tertiary/aromatic N) is 1. The molecule has 1 unspecified atom stereocenters. The predicted molar refractivity (Wildman–Crippen MR) is 74.4 cm³/mol.